The minimum Gasteiger partial charge on any atom is -0.327 e. The highest BCUT2D eigenvalue weighted by Gasteiger charge is 2.55. The molecule has 2 aliphatic rings. The van der Waals surface area contributed by atoms with E-state index in [9.17, 15) is 0 Å². The quantitative estimate of drug-likeness (QED) is 0.530. The van der Waals surface area contributed by atoms with Crippen LogP contribution in [0.1, 0.15) is 25.7 Å². The normalized spacial score (nSPS) is 37.9. The van der Waals surface area contributed by atoms with Crippen LogP contribution in [0.5, 0.6) is 0 Å². The van der Waals surface area contributed by atoms with Crippen molar-refractivity contribution in [1.82, 2.24) is 0 Å². The minimum absolute atomic E-state index is 0. The van der Waals surface area contributed by atoms with Gasteiger partial charge in [0.05, 0.1) is 0 Å². The first-order chi connectivity index (χ1) is 3.33. The van der Waals surface area contributed by atoms with Crippen LogP contribution in [0.2, 0.25) is 0 Å². The van der Waals surface area contributed by atoms with Gasteiger partial charge in [0.15, 0.2) is 0 Å². The highest BCUT2D eigenvalue weighted by molar-refractivity contribution is 5.85. The lowest BCUT2D eigenvalue weighted by atomic mass is 9.81. The summed E-state index contributed by atoms with van der Waals surface area (Å²) in [7, 11) is 0. The Morgan fingerprint density at radius 2 is 1.88 bits per heavy atom. The van der Waals surface area contributed by atoms with E-state index in [0.29, 0.717) is 11.5 Å². The summed E-state index contributed by atoms with van der Waals surface area (Å²) in [6.45, 7) is 0. The molecule has 1 spiro atoms. The molecule has 2 aliphatic carbocycles. The van der Waals surface area contributed by atoms with E-state index in [1.54, 1.807) is 0 Å². The zero-order valence-corrected chi connectivity index (χ0v) is 5.71. The third-order valence-electron chi connectivity index (χ3n) is 2.60. The number of rotatable bonds is 0. The molecule has 0 bridgehead atoms. The topological polar surface area (TPSA) is 26.0 Å². The standard InChI is InChI=1S/C6H11N.ClH/c7-5-4-6(5)2-1-3-6;/h5H,1-4,7H2;1H. The van der Waals surface area contributed by atoms with Gasteiger partial charge in [0.25, 0.3) is 0 Å². The first-order valence-electron chi connectivity index (χ1n) is 3.09. The molecule has 48 valence electrons. The minimum atomic E-state index is 0. The fourth-order valence-electron chi connectivity index (χ4n) is 1.58. The fourth-order valence-corrected chi connectivity index (χ4v) is 1.58. The summed E-state index contributed by atoms with van der Waals surface area (Å²) < 4.78 is 0. The molecule has 0 aromatic heterocycles. The molecule has 0 aromatic rings. The van der Waals surface area contributed by atoms with E-state index < -0.39 is 0 Å². The van der Waals surface area contributed by atoms with Gasteiger partial charge in [-0.05, 0) is 24.7 Å². The van der Waals surface area contributed by atoms with Crippen LogP contribution in [-0.4, -0.2) is 6.04 Å². The van der Waals surface area contributed by atoms with Crippen LogP contribution in [0, 0.1) is 5.41 Å². The zero-order valence-electron chi connectivity index (χ0n) is 4.89. The van der Waals surface area contributed by atoms with Crippen LogP contribution >= 0.6 is 12.4 Å². The van der Waals surface area contributed by atoms with Crippen molar-refractivity contribution in [3.8, 4) is 0 Å². The molecular weight excluding hydrogens is 122 g/mol. The predicted molar refractivity (Wildman–Crippen MR) is 36.1 cm³/mol. The summed E-state index contributed by atoms with van der Waals surface area (Å²) in [5.74, 6) is 0. The maximum Gasteiger partial charge on any atom is 0.0102 e. The van der Waals surface area contributed by atoms with Crippen molar-refractivity contribution in [2.45, 2.75) is 31.7 Å². The van der Waals surface area contributed by atoms with Crippen molar-refractivity contribution < 1.29 is 0 Å². The Morgan fingerprint density at radius 1 is 1.38 bits per heavy atom. The number of nitrogens with two attached hydrogens (primary N) is 1. The van der Waals surface area contributed by atoms with Crippen LogP contribution in [0.3, 0.4) is 0 Å². The Bertz CT molecular complexity index is 93.2. The second kappa shape index (κ2) is 1.61. The van der Waals surface area contributed by atoms with E-state index in [4.69, 9.17) is 5.73 Å². The first-order valence-corrected chi connectivity index (χ1v) is 3.09. The molecule has 0 aromatic carbocycles. The van der Waals surface area contributed by atoms with Gasteiger partial charge in [-0.3, -0.25) is 0 Å². The molecule has 2 heteroatoms. The van der Waals surface area contributed by atoms with E-state index in [1.165, 1.54) is 25.7 Å². The molecule has 2 rings (SSSR count). The molecule has 2 saturated carbocycles. The molecule has 2 fully saturated rings. The molecule has 1 atom stereocenters. The predicted octanol–water partition coefficient (Wildman–Crippen LogP) is 1.31. The summed E-state index contributed by atoms with van der Waals surface area (Å²) in [5, 5.41) is 0. The second-order valence-electron chi connectivity index (χ2n) is 3.03. The summed E-state index contributed by atoms with van der Waals surface area (Å²) in [6, 6.07) is 0.598. The van der Waals surface area contributed by atoms with Crippen molar-refractivity contribution in [1.29, 1.82) is 0 Å². The van der Waals surface area contributed by atoms with E-state index in [2.05, 4.69) is 0 Å². The summed E-state index contributed by atoms with van der Waals surface area (Å²) in [6.07, 6.45) is 5.61. The molecule has 1 unspecified atom stereocenters. The SMILES string of the molecule is Cl.NC1CC12CCC2. The largest absolute Gasteiger partial charge is 0.327 e. The Hall–Kier alpha value is 0.250. The fraction of sp³-hybridized carbons (Fsp3) is 1.00. The van der Waals surface area contributed by atoms with Crippen molar-refractivity contribution >= 4 is 12.4 Å². The molecule has 0 amide bonds. The van der Waals surface area contributed by atoms with Crippen LogP contribution < -0.4 is 5.73 Å². The van der Waals surface area contributed by atoms with E-state index in [1.807, 2.05) is 0 Å². The molecule has 1 nitrogen and oxygen atoms in total. The number of halogens is 1. The van der Waals surface area contributed by atoms with E-state index in [-0.39, 0.29) is 12.4 Å². The van der Waals surface area contributed by atoms with Gasteiger partial charge in [0.1, 0.15) is 0 Å². The van der Waals surface area contributed by atoms with Gasteiger partial charge in [-0.1, -0.05) is 6.42 Å². The van der Waals surface area contributed by atoms with Gasteiger partial charge >= 0.3 is 0 Å². The van der Waals surface area contributed by atoms with Gasteiger partial charge in [-0.2, -0.15) is 0 Å². The van der Waals surface area contributed by atoms with Crippen LogP contribution in [0.25, 0.3) is 0 Å². The molecule has 8 heavy (non-hydrogen) atoms. The number of hydrogen-bond donors (Lipinski definition) is 1. The van der Waals surface area contributed by atoms with Crippen molar-refractivity contribution in [2.75, 3.05) is 0 Å². The Labute approximate surface area is 56.0 Å². The average molecular weight is 134 g/mol. The highest BCUT2D eigenvalue weighted by Crippen LogP contribution is 2.59. The lowest BCUT2D eigenvalue weighted by molar-refractivity contribution is 0.278. The van der Waals surface area contributed by atoms with Crippen LogP contribution in [0.15, 0.2) is 0 Å². The second-order valence-corrected chi connectivity index (χ2v) is 3.03. The van der Waals surface area contributed by atoms with Gasteiger partial charge in [-0.25, -0.2) is 0 Å². The van der Waals surface area contributed by atoms with E-state index in [0.717, 1.165) is 0 Å². The Balaban J connectivity index is 0.000000320. The third kappa shape index (κ3) is 0.579. The number of hydrogen-bond acceptors (Lipinski definition) is 1. The average Bonchev–Trinajstić information content (AvgIpc) is 2.10. The molecule has 0 heterocycles. The molecule has 0 radical (unpaired) electrons. The highest BCUT2D eigenvalue weighted by atomic mass is 35.5. The van der Waals surface area contributed by atoms with Crippen LogP contribution in [-0.2, 0) is 0 Å². The third-order valence-corrected chi connectivity index (χ3v) is 2.60. The monoisotopic (exact) mass is 133 g/mol. The summed E-state index contributed by atoms with van der Waals surface area (Å²) in [5.41, 5.74) is 6.37. The van der Waals surface area contributed by atoms with E-state index >= 15 is 0 Å². The Kier molecular flexibility index (Phi) is 1.28. The first kappa shape index (κ1) is 6.37. The van der Waals surface area contributed by atoms with Crippen molar-refractivity contribution in [3.05, 3.63) is 0 Å². The Morgan fingerprint density at radius 3 is 1.88 bits per heavy atom. The van der Waals surface area contributed by atoms with Gasteiger partial charge < -0.3 is 5.73 Å². The summed E-state index contributed by atoms with van der Waals surface area (Å²) in [4.78, 5) is 0. The lowest BCUT2D eigenvalue weighted by Gasteiger charge is -2.25. The molecule has 0 saturated heterocycles. The molecule has 0 aliphatic heterocycles. The maximum atomic E-state index is 5.66. The zero-order chi connectivity index (χ0) is 4.91. The molecule has 2 N–H and O–H groups in total. The van der Waals surface area contributed by atoms with Gasteiger partial charge in [0, 0.05) is 6.04 Å². The van der Waals surface area contributed by atoms with Crippen molar-refractivity contribution in [2.24, 2.45) is 11.1 Å². The molecular formula is C6H12ClN. The van der Waals surface area contributed by atoms with Gasteiger partial charge in [0.2, 0.25) is 0 Å². The smallest absolute Gasteiger partial charge is 0.0102 e. The maximum absolute atomic E-state index is 5.66. The lowest BCUT2D eigenvalue weighted by Crippen LogP contribution is -2.21. The van der Waals surface area contributed by atoms with Crippen molar-refractivity contribution in [3.63, 3.8) is 0 Å². The van der Waals surface area contributed by atoms with Gasteiger partial charge in [-0.15, -0.1) is 12.4 Å². The van der Waals surface area contributed by atoms with Crippen LogP contribution in [0.4, 0.5) is 0 Å². The summed E-state index contributed by atoms with van der Waals surface area (Å²) >= 11 is 0.